The van der Waals surface area contributed by atoms with Gasteiger partial charge in [0, 0.05) is 21.2 Å². The molecule has 3 aromatic rings. The van der Waals surface area contributed by atoms with Crippen molar-refractivity contribution in [1.82, 2.24) is 10.4 Å². The monoisotopic (exact) mass is 539 g/mol. The van der Waals surface area contributed by atoms with Crippen molar-refractivity contribution >= 4 is 80.5 Å². The molecule has 0 aromatic heterocycles. The van der Waals surface area contributed by atoms with Crippen LogP contribution < -0.4 is 10.3 Å². The van der Waals surface area contributed by atoms with Crippen molar-refractivity contribution in [1.29, 1.82) is 0 Å². The second-order valence-electron chi connectivity index (χ2n) is 7.70. The van der Waals surface area contributed by atoms with E-state index in [0.717, 1.165) is 22.3 Å². The molecular formula is C25H15Cl2N3O3S2. The topological polar surface area (TPSA) is 69.7 Å². The fourth-order valence-corrected chi connectivity index (χ4v) is 5.41. The number of nitrogens with zero attached hydrogens (tertiary/aromatic N) is 2. The molecule has 1 fully saturated rings. The lowest BCUT2D eigenvalue weighted by Crippen LogP contribution is -2.45. The molecule has 0 unspecified atom stereocenters. The fraction of sp³-hybridized carbons (Fsp3) is 0.0400. The molecule has 2 aliphatic heterocycles. The molecule has 6 nitrogen and oxygen atoms in total. The van der Waals surface area contributed by atoms with E-state index in [1.54, 1.807) is 47.4 Å². The highest BCUT2D eigenvalue weighted by atomic mass is 35.5. The highest BCUT2D eigenvalue weighted by Gasteiger charge is 2.42. The van der Waals surface area contributed by atoms with Gasteiger partial charge in [0.1, 0.15) is 0 Å². The number of halogens is 2. The van der Waals surface area contributed by atoms with Gasteiger partial charge in [-0.05, 0) is 54.2 Å². The minimum absolute atomic E-state index is 0.120. The average molecular weight is 540 g/mol. The van der Waals surface area contributed by atoms with E-state index < -0.39 is 11.8 Å². The number of amides is 3. The molecule has 3 aromatic carbocycles. The molecule has 0 atom stereocenters. The number of anilines is 1. The Balaban J connectivity index is 1.47. The summed E-state index contributed by atoms with van der Waals surface area (Å²) in [5.74, 6) is -1.43. The molecule has 2 heterocycles. The normalized spacial score (nSPS) is 17.3. The third-order valence-corrected chi connectivity index (χ3v) is 7.33. The van der Waals surface area contributed by atoms with Gasteiger partial charge in [0.25, 0.3) is 17.7 Å². The van der Waals surface area contributed by atoms with E-state index in [-0.39, 0.29) is 26.3 Å². The summed E-state index contributed by atoms with van der Waals surface area (Å²) in [5.41, 5.74) is 5.26. The SMILES string of the molecule is O=C(NN1C(=O)/C(=C2/C(=O)N(Cc3ccc(Cl)cc3)c3ccccc32)SC1=S)c1cccc(Cl)c1. The maximum atomic E-state index is 13.6. The van der Waals surface area contributed by atoms with Gasteiger partial charge in [0.2, 0.25) is 0 Å². The zero-order valence-electron chi connectivity index (χ0n) is 17.8. The molecule has 0 bridgehead atoms. The van der Waals surface area contributed by atoms with Crippen molar-refractivity contribution in [3.05, 3.63) is 104 Å². The van der Waals surface area contributed by atoms with Gasteiger partial charge in [0.05, 0.1) is 22.7 Å². The number of para-hydroxylation sites is 1. The number of hydrazine groups is 1. The van der Waals surface area contributed by atoms with Crippen molar-refractivity contribution in [2.75, 3.05) is 4.90 Å². The largest absolute Gasteiger partial charge is 0.303 e. The summed E-state index contributed by atoms with van der Waals surface area (Å²) in [4.78, 5) is 41.4. The number of hydrogen-bond acceptors (Lipinski definition) is 5. The quantitative estimate of drug-likeness (QED) is 0.352. The molecule has 35 heavy (non-hydrogen) atoms. The van der Waals surface area contributed by atoms with Gasteiger partial charge in [-0.3, -0.25) is 19.8 Å². The van der Waals surface area contributed by atoms with E-state index in [1.807, 2.05) is 24.3 Å². The second kappa shape index (κ2) is 9.47. The maximum Gasteiger partial charge on any atom is 0.286 e. The van der Waals surface area contributed by atoms with Gasteiger partial charge in [0.15, 0.2) is 4.32 Å². The van der Waals surface area contributed by atoms with Crippen molar-refractivity contribution in [2.24, 2.45) is 0 Å². The first-order valence-corrected chi connectivity index (χ1v) is 12.3. The molecule has 0 spiro atoms. The van der Waals surface area contributed by atoms with E-state index in [0.29, 0.717) is 27.8 Å². The van der Waals surface area contributed by atoms with Gasteiger partial charge in [-0.2, -0.15) is 5.01 Å². The van der Waals surface area contributed by atoms with Crippen LogP contribution in [-0.2, 0) is 16.1 Å². The molecule has 1 saturated heterocycles. The molecule has 3 amide bonds. The Hall–Kier alpha value is -3.17. The molecular weight excluding hydrogens is 525 g/mol. The zero-order valence-corrected chi connectivity index (χ0v) is 21.0. The van der Waals surface area contributed by atoms with Crippen LogP contribution in [0, 0.1) is 0 Å². The van der Waals surface area contributed by atoms with E-state index in [4.69, 9.17) is 35.4 Å². The third kappa shape index (κ3) is 4.46. The predicted octanol–water partition coefficient (Wildman–Crippen LogP) is 5.46. The zero-order chi connectivity index (χ0) is 24.7. The van der Waals surface area contributed by atoms with E-state index in [2.05, 4.69) is 5.43 Å². The molecule has 0 aliphatic carbocycles. The number of hydrogen-bond donors (Lipinski definition) is 1. The number of thioether (sulfide) groups is 1. The molecule has 5 rings (SSSR count). The van der Waals surface area contributed by atoms with E-state index in [1.165, 1.54) is 6.07 Å². The average Bonchev–Trinajstić information content (AvgIpc) is 3.27. The molecule has 10 heteroatoms. The fourth-order valence-electron chi connectivity index (χ4n) is 3.84. The van der Waals surface area contributed by atoms with Crippen LogP contribution in [0.3, 0.4) is 0 Å². The van der Waals surface area contributed by atoms with Crippen LogP contribution >= 0.6 is 47.2 Å². The minimum Gasteiger partial charge on any atom is -0.303 e. The minimum atomic E-state index is -0.568. The number of nitrogens with one attached hydrogen (secondary N) is 1. The summed E-state index contributed by atoms with van der Waals surface area (Å²) in [5, 5.41) is 1.98. The number of carbonyl (C=O) groups excluding carboxylic acids is 3. The third-order valence-electron chi connectivity index (χ3n) is 5.47. The number of benzene rings is 3. The number of fused-ring (bicyclic) bond motifs is 1. The van der Waals surface area contributed by atoms with Crippen molar-refractivity contribution in [3.8, 4) is 0 Å². The summed E-state index contributed by atoms with van der Waals surface area (Å²) < 4.78 is 0.120. The maximum absolute atomic E-state index is 13.6. The first-order valence-electron chi connectivity index (χ1n) is 10.4. The number of carbonyl (C=O) groups is 3. The van der Waals surface area contributed by atoms with Gasteiger partial charge >= 0.3 is 0 Å². The lowest BCUT2D eigenvalue weighted by molar-refractivity contribution is -0.124. The van der Waals surface area contributed by atoms with Crippen LogP contribution in [0.4, 0.5) is 5.69 Å². The Labute approximate surface area is 220 Å². The van der Waals surface area contributed by atoms with Crippen LogP contribution in [0.5, 0.6) is 0 Å². The van der Waals surface area contributed by atoms with E-state index in [9.17, 15) is 14.4 Å². The lowest BCUT2D eigenvalue weighted by Gasteiger charge is -2.17. The lowest BCUT2D eigenvalue weighted by atomic mass is 10.1. The summed E-state index contributed by atoms with van der Waals surface area (Å²) in [7, 11) is 0. The van der Waals surface area contributed by atoms with Gasteiger partial charge in [-0.1, -0.05) is 71.4 Å². The molecule has 1 N–H and O–H groups in total. The summed E-state index contributed by atoms with van der Waals surface area (Å²) in [6.45, 7) is 0.308. The first kappa shape index (κ1) is 23.6. The Morgan fingerprint density at radius 2 is 1.66 bits per heavy atom. The smallest absolute Gasteiger partial charge is 0.286 e. The Morgan fingerprint density at radius 1 is 0.914 bits per heavy atom. The van der Waals surface area contributed by atoms with Crippen LogP contribution in [0.25, 0.3) is 5.57 Å². The van der Waals surface area contributed by atoms with Gasteiger partial charge < -0.3 is 4.90 Å². The van der Waals surface area contributed by atoms with Crippen LogP contribution in [0.2, 0.25) is 10.0 Å². The molecule has 174 valence electrons. The summed E-state index contributed by atoms with van der Waals surface area (Å²) >= 11 is 18.3. The van der Waals surface area contributed by atoms with Crippen LogP contribution in [-0.4, -0.2) is 27.1 Å². The Kier molecular flexibility index (Phi) is 6.37. The number of thiocarbonyl (C=S) groups is 1. The van der Waals surface area contributed by atoms with Crippen LogP contribution in [0.15, 0.2) is 77.7 Å². The number of rotatable bonds is 4. The summed E-state index contributed by atoms with van der Waals surface area (Å²) in [6, 6.07) is 20.8. The standard InChI is InChI=1S/C25H15Cl2N3O3S2/c26-16-10-8-14(9-11-16)13-29-19-7-2-1-6-18(19)20(23(29)32)21-24(33)30(25(34)35-21)28-22(31)15-4-3-5-17(27)12-15/h1-12H,13H2,(H,28,31)/b21-20-. The first-order chi connectivity index (χ1) is 16.8. The van der Waals surface area contributed by atoms with E-state index >= 15 is 0 Å². The van der Waals surface area contributed by atoms with Crippen LogP contribution in [0.1, 0.15) is 21.5 Å². The predicted molar refractivity (Wildman–Crippen MR) is 142 cm³/mol. The van der Waals surface area contributed by atoms with Crippen molar-refractivity contribution in [2.45, 2.75) is 6.54 Å². The molecule has 0 saturated carbocycles. The van der Waals surface area contributed by atoms with Gasteiger partial charge in [-0.25, -0.2) is 0 Å². The van der Waals surface area contributed by atoms with Gasteiger partial charge in [-0.15, -0.1) is 0 Å². The second-order valence-corrected chi connectivity index (χ2v) is 10.2. The Bertz CT molecular complexity index is 1440. The highest BCUT2D eigenvalue weighted by Crippen LogP contribution is 2.44. The molecule has 0 radical (unpaired) electrons. The molecule has 2 aliphatic rings. The summed E-state index contributed by atoms with van der Waals surface area (Å²) in [6.07, 6.45) is 0. The van der Waals surface area contributed by atoms with Crippen molar-refractivity contribution < 1.29 is 14.4 Å². The van der Waals surface area contributed by atoms with Crippen molar-refractivity contribution in [3.63, 3.8) is 0 Å². The highest BCUT2D eigenvalue weighted by molar-refractivity contribution is 8.26. The Morgan fingerprint density at radius 3 is 2.40 bits per heavy atom.